The minimum Gasteiger partial charge on any atom is -0.347 e. The summed E-state index contributed by atoms with van der Waals surface area (Å²) in [5.41, 5.74) is 0.752. The van der Waals surface area contributed by atoms with E-state index in [1.165, 1.54) is 9.21 Å². The number of carbonyl (C=O) groups excluding carboxylic acids is 3. The molecular weight excluding hydrogens is 384 g/mol. The number of nitrogens with one attached hydrogen (secondary N) is 1. The van der Waals surface area contributed by atoms with Gasteiger partial charge in [-0.05, 0) is 12.1 Å². The largest absolute Gasteiger partial charge is 0.347 e. The van der Waals surface area contributed by atoms with E-state index < -0.39 is 15.9 Å². The van der Waals surface area contributed by atoms with Crippen LogP contribution >= 0.6 is 0 Å². The smallest absolute Gasteiger partial charge is 0.242 e. The zero-order chi connectivity index (χ0) is 20.3. The SMILES string of the molecule is CS(=O)(=O)N1CCN(C(=O)CNC(=O)C2CC(=O)N(c3ccccc3)C2)CC1. The summed E-state index contributed by atoms with van der Waals surface area (Å²) in [5.74, 6) is -1.20. The molecule has 1 atom stereocenters. The van der Waals surface area contributed by atoms with Gasteiger partial charge in [0.2, 0.25) is 27.7 Å². The lowest BCUT2D eigenvalue weighted by Crippen LogP contribution is -2.52. The van der Waals surface area contributed by atoms with E-state index in [1.807, 2.05) is 30.3 Å². The number of carbonyl (C=O) groups is 3. The van der Waals surface area contributed by atoms with Crippen molar-refractivity contribution in [3.8, 4) is 0 Å². The molecule has 3 rings (SSSR count). The summed E-state index contributed by atoms with van der Waals surface area (Å²) in [6.45, 7) is 1.23. The van der Waals surface area contributed by atoms with Gasteiger partial charge in [-0.15, -0.1) is 0 Å². The maximum Gasteiger partial charge on any atom is 0.242 e. The highest BCUT2D eigenvalue weighted by Crippen LogP contribution is 2.24. The minimum absolute atomic E-state index is 0.113. The van der Waals surface area contributed by atoms with Crippen LogP contribution in [0.5, 0.6) is 0 Å². The second kappa shape index (κ2) is 8.27. The van der Waals surface area contributed by atoms with Gasteiger partial charge in [-0.2, -0.15) is 4.31 Å². The molecule has 0 bridgehead atoms. The number of hydrogen-bond acceptors (Lipinski definition) is 5. The van der Waals surface area contributed by atoms with Gasteiger partial charge >= 0.3 is 0 Å². The van der Waals surface area contributed by atoms with Crippen LogP contribution in [-0.4, -0.2) is 80.9 Å². The first-order valence-corrected chi connectivity index (χ1v) is 11.0. The Kier molecular flexibility index (Phi) is 5.99. The molecule has 3 amide bonds. The van der Waals surface area contributed by atoms with Crippen LogP contribution in [0.15, 0.2) is 30.3 Å². The molecule has 2 aliphatic rings. The maximum atomic E-state index is 12.4. The summed E-state index contributed by atoms with van der Waals surface area (Å²) in [6, 6.07) is 9.15. The summed E-state index contributed by atoms with van der Waals surface area (Å²) >= 11 is 0. The summed E-state index contributed by atoms with van der Waals surface area (Å²) < 4.78 is 24.4. The quantitative estimate of drug-likeness (QED) is 0.691. The van der Waals surface area contributed by atoms with E-state index in [9.17, 15) is 22.8 Å². The van der Waals surface area contributed by atoms with Crippen molar-refractivity contribution < 1.29 is 22.8 Å². The molecule has 0 saturated carbocycles. The molecule has 2 aliphatic heterocycles. The van der Waals surface area contributed by atoms with Crippen LogP contribution < -0.4 is 10.2 Å². The van der Waals surface area contributed by atoms with Crippen molar-refractivity contribution in [2.75, 3.05) is 50.4 Å². The number of amides is 3. The third-order valence-corrected chi connectivity index (χ3v) is 6.34. The Bertz CT molecular complexity index is 850. The molecule has 1 unspecified atom stereocenters. The summed E-state index contributed by atoms with van der Waals surface area (Å²) in [5, 5.41) is 2.61. The number of benzene rings is 1. The maximum absolute atomic E-state index is 12.4. The Hall–Kier alpha value is -2.46. The van der Waals surface area contributed by atoms with E-state index in [0.717, 1.165) is 11.9 Å². The molecule has 28 heavy (non-hydrogen) atoms. The van der Waals surface area contributed by atoms with Gasteiger partial charge in [0.25, 0.3) is 0 Å². The van der Waals surface area contributed by atoms with Gasteiger partial charge in [-0.25, -0.2) is 8.42 Å². The van der Waals surface area contributed by atoms with Gasteiger partial charge in [0.1, 0.15) is 0 Å². The fourth-order valence-corrected chi connectivity index (χ4v) is 4.26. The first-order valence-electron chi connectivity index (χ1n) is 9.12. The molecule has 1 N–H and O–H groups in total. The Labute approximate surface area is 164 Å². The van der Waals surface area contributed by atoms with Crippen LogP contribution in [-0.2, 0) is 24.4 Å². The number of nitrogens with zero attached hydrogens (tertiary/aromatic N) is 3. The third-order valence-electron chi connectivity index (χ3n) is 5.04. The highest BCUT2D eigenvalue weighted by molar-refractivity contribution is 7.88. The zero-order valence-electron chi connectivity index (χ0n) is 15.7. The predicted molar refractivity (Wildman–Crippen MR) is 103 cm³/mol. The van der Waals surface area contributed by atoms with Crippen LogP contribution in [0.2, 0.25) is 0 Å². The van der Waals surface area contributed by atoms with Crippen molar-refractivity contribution in [1.82, 2.24) is 14.5 Å². The number of piperazine rings is 1. The summed E-state index contributed by atoms with van der Waals surface area (Å²) in [6.07, 6.45) is 1.26. The van der Waals surface area contributed by atoms with Crippen LogP contribution in [0, 0.1) is 5.92 Å². The van der Waals surface area contributed by atoms with Crippen molar-refractivity contribution in [3.05, 3.63) is 30.3 Å². The van der Waals surface area contributed by atoms with Gasteiger partial charge in [-0.3, -0.25) is 14.4 Å². The van der Waals surface area contributed by atoms with Crippen molar-refractivity contribution in [2.45, 2.75) is 6.42 Å². The normalized spacial score (nSPS) is 21.0. The van der Waals surface area contributed by atoms with Crippen molar-refractivity contribution in [3.63, 3.8) is 0 Å². The number of hydrogen-bond donors (Lipinski definition) is 1. The molecule has 0 spiro atoms. The standard InChI is InChI=1S/C18H24N4O5S/c1-28(26,27)21-9-7-20(8-10-21)17(24)12-19-18(25)14-11-16(23)22(13-14)15-5-3-2-4-6-15/h2-6,14H,7-13H2,1H3,(H,19,25). The molecule has 1 aromatic rings. The molecular formula is C18H24N4O5S. The van der Waals surface area contributed by atoms with Gasteiger partial charge in [-0.1, -0.05) is 18.2 Å². The van der Waals surface area contributed by atoms with E-state index in [1.54, 1.807) is 4.90 Å². The molecule has 1 aromatic carbocycles. The first kappa shape index (κ1) is 20.3. The van der Waals surface area contributed by atoms with E-state index in [4.69, 9.17) is 0 Å². The molecule has 2 heterocycles. The molecule has 0 aliphatic carbocycles. The van der Waals surface area contributed by atoms with E-state index >= 15 is 0 Å². The average molecular weight is 408 g/mol. The number of para-hydroxylation sites is 1. The second-order valence-corrected chi connectivity index (χ2v) is 8.98. The number of anilines is 1. The highest BCUT2D eigenvalue weighted by Gasteiger charge is 2.35. The van der Waals surface area contributed by atoms with Gasteiger partial charge in [0.15, 0.2) is 0 Å². The zero-order valence-corrected chi connectivity index (χ0v) is 16.5. The first-order chi connectivity index (χ1) is 13.3. The van der Waals surface area contributed by atoms with Crippen LogP contribution in [0.3, 0.4) is 0 Å². The molecule has 0 aromatic heterocycles. The Morgan fingerprint density at radius 3 is 2.36 bits per heavy atom. The number of sulfonamides is 1. The van der Waals surface area contributed by atoms with Gasteiger partial charge in [0.05, 0.1) is 18.7 Å². The predicted octanol–water partition coefficient (Wildman–Crippen LogP) is -0.740. The summed E-state index contributed by atoms with van der Waals surface area (Å²) in [7, 11) is -3.26. The molecule has 9 nitrogen and oxygen atoms in total. The second-order valence-electron chi connectivity index (χ2n) is 7.00. The summed E-state index contributed by atoms with van der Waals surface area (Å²) in [4.78, 5) is 40.0. The molecule has 10 heteroatoms. The minimum atomic E-state index is -3.26. The lowest BCUT2D eigenvalue weighted by molar-refractivity contribution is -0.134. The van der Waals surface area contributed by atoms with Crippen LogP contribution in [0.1, 0.15) is 6.42 Å². The third kappa shape index (κ3) is 4.68. The fourth-order valence-electron chi connectivity index (χ4n) is 3.43. The highest BCUT2D eigenvalue weighted by atomic mass is 32.2. The van der Waals surface area contributed by atoms with Gasteiger partial charge < -0.3 is 15.1 Å². The van der Waals surface area contributed by atoms with Crippen molar-refractivity contribution >= 4 is 33.4 Å². The van der Waals surface area contributed by atoms with E-state index in [0.29, 0.717) is 13.1 Å². The Morgan fingerprint density at radius 2 is 1.75 bits per heavy atom. The molecule has 152 valence electrons. The molecule has 2 saturated heterocycles. The van der Waals surface area contributed by atoms with E-state index in [2.05, 4.69) is 5.32 Å². The topological polar surface area (TPSA) is 107 Å². The van der Waals surface area contributed by atoms with Crippen molar-refractivity contribution in [2.24, 2.45) is 5.92 Å². The Balaban J connectivity index is 1.47. The average Bonchev–Trinajstić information content (AvgIpc) is 3.08. The van der Waals surface area contributed by atoms with Crippen molar-refractivity contribution in [1.29, 1.82) is 0 Å². The monoisotopic (exact) mass is 408 g/mol. The van der Waals surface area contributed by atoms with Gasteiger partial charge in [0, 0.05) is 44.8 Å². The number of rotatable bonds is 5. The van der Waals surface area contributed by atoms with Crippen LogP contribution in [0.4, 0.5) is 5.69 Å². The lowest BCUT2D eigenvalue weighted by Gasteiger charge is -2.33. The Morgan fingerprint density at radius 1 is 1.11 bits per heavy atom. The molecule has 2 fully saturated rings. The molecule has 0 radical (unpaired) electrons. The fraction of sp³-hybridized carbons (Fsp3) is 0.500. The van der Waals surface area contributed by atoms with E-state index in [-0.39, 0.29) is 50.3 Å². The van der Waals surface area contributed by atoms with Crippen LogP contribution in [0.25, 0.3) is 0 Å². The lowest BCUT2D eigenvalue weighted by atomic mass is 10.1.